The van der Waals surface area contributed by atoms with Crippen LogP contribution in [0.25, 0.3) is 0 Å². The Balaban J connectivity index is 4.25. The van der Waals surface area contributed by atoms with Crippen molar-refractivity contribution >= 4 is 17.9 Å². The molecule has 1 atom stereocenters. The summed E-state index contributed by atoms with van der Waals surface area (Å²) in [6.45, 7) is 6.41. The first-order valence-corrected chi connectivity index (χ1v) is 29.6. The van der Waals surface area contributed by atoms with Crippen LogP contribution in [0.5, 0.6) is 0 Å². The van der Waals surface area contributed by atoms with Gasteiger partial charge in [-0.3, -0.25) is 14.4 Å². The molecule has 6 nitrogen and oxygen atoms in total. The molecule has 0 aliphatic carbocycles. The number of allylic oxidation sites excluding steroid dienone is 14. The Morgan fingerprint density at radius 1 is 0.300 bits per heavy atom. The molecule has 0 bridgehead atoms. The first-order valence-electron chi connectivity index (χ1n) is 29.6. The van der Waals surface area contributed by atoms with Gasteiger partial charge in [-0.25, -0.2) is 0 Å². The van der Waals surface area contributed by atoms with Gasteiger partial charge in [0, 0.05) is 19.3 Å². The van der Waals surface area contributed by atoms with Crippen molar-refractivity contribution in [3.63, 3.8) is 0 Å². The number of rotatable bonds is 53. The van der Waals surface area contributed by atoms with E-state index in [4.69, 9.17) is 14.2 Å². The lowest BCUT2D eigenvalue weighted by molar-refractivity contribution is -0.167. The third-order valence-corrected chi connectivity index (χ3v) is 12.6. The van der Waals surface area contributed by atoms with Crippen molar-refractivity contribution in [3.05, 3.63) is 85.1 Å². The molecule has 0 saturated carbocycles. The van der Waals surface area contributed by atoms with Crippen LogP contribution in [0.2, 0.25) is 0 Å². The highest BCUT2D eigenvalue weighted by atomic mass is 16.6. The molecule has 0 fully saturated rings. The summed E-state index contributed by atoms with van der Waals surface area (Å²) < 4.78 is 16.9. The van der Waals surface area contributed by atoms with E-state index in [0.29, 0.717) is 19.3 Å². The molecular formula is C64H110O6. The fraction of sp³-hybridized carbons (Fsp3) is 0.734. The molecule has 1 unspecified atom stereocenters. The van der Waals surface area contributed by atoms with Crippen LogP contribution in [0, 0.1) is 0 Å². The normalized spacial score (nSPS) is 12.7. The lowest BCUT2D eigenvalue weighted by Gasteiger charge is -2.18. The largest absolute Gasteiger partial charge is 0.462 e. The molecule has 402 valence electrons. The summed E-state index contributed by atoms with van der Waals surface area (Å²) >= 11 is 0. The summed E-state index contributed by atoms with van der Waals surface area (Å²) in [5.74, 6) is -0.884. The fourth-order valence-corrected chi connectivity index (χ4v) is 8.27. The number of carbonyl (C=O) groups excluding carboxylic acids is 3. The van der Waals surface area contributed by atoms with Gasteiger partial charge in [-0.15, -0.1) is 0 Å². The third-order valence-electron chi connectivity index (χ3n) is 12.6. The predicted molar refractivity (Wildman–Crippen MR) is 302 cm³/mol. The Labute approximate surface area is 433 Å². The Kier molecular flexibility index (Phi) is 55.3. The Hall–Kier alpha value is -3.41. The van der Waals surface area contributed by atoms with Crippen LogP contribution in [-0.4, -0.2) is 37.2 Å². The van der Waals surface area contributed by atoms with Gasteiger partial charge in [0.2, 0.25) is 0 Å². The van der Waals surface area contributed by atoms with Gasteiger partial charge >= 0.3 is 17.9 Å². The van der Waals surface area contributed by atoms with Crippen LogP contribution < -0.4 is 0 Å². The van der Waals surface area contributed by atoms with Crippen molar-refractivity contribution in [2.75, 3.05) is 13.2 Å². The molecule has 0 aliphatic rings. The molecule has 0 aromatic rings. The third kappa shape index (κ3) is 55.5. The molecule has 0 saturated heterocycles. The molecule has 0 radical (unpaired) electrons. The number of ether oxygens (including phenoxy) is 3. The zero-order chi connectivity index (χ0) is 50.7. The molecule has 0 aromatic heterocycles. The topological polar surface area (TPSA) is 78.9 Å². The van der Waals surface area contributed by atoms with Crippen LogP contribution >= 0.6 is 0 Å². The number of carbonyl (C=O) groups is 3. The van der Waals surface area contributed by atoms with Crippen molar-refractivity contribution in [3.8, 4) is 0 Å². The van der Waals surface area contributed by atoms with Crippen molar-refractivity contribution in [1.82, 2.24) is 0 Å². The standard InChI is InChI=1S/C64H110O6/c1-4-7-10-13-16-19-22-24-26-28-29-30-31-32-33-34-35-37-38-40-42-45-48-51-54-57-63(66)69-60-61(59-68-62(65)56-53-50-47-44-21-18-15-12-9-6-3)70-64(67)58-55-52-49-46-43-41-39-36-27-25-23-20-17-14-11-8-5-2/h7-8,10-11,16-17,19-20,24-27,29-30,61H,4-6,9,12-15,18,21-23,28,31-60H2,1-3H3/b10-7-,11-8-,19-16-,20-17-,26-24-,27-25-,30-29-. The predicted octanol–water partition coefficient (Wildman–Crippen LogP) is 19.9. The van der Waals surface area contributed by atoms with Crippen LogP contribution in [0.3, 0.4) is 0 Å². The van der Waals surface area contributed by atoms with Gasteiger partial charge in [0.25, 0.3) is 0 Å². The van der Waals surface area contributed by atoms with Gasteiger partial charge < -0.3 is 14.2 Å². The zero-order valence-corrected chi connectivity index (χ0v) is 46.0. The lowest BCUT2D eigenvalue weighted by Crippen LogP contribution is -2.30. The van der Waals surface area contributed by atoms with Crippen LogP contribution in [-0.2, 0) is 28.6 Å². The minimum atomic E-state index is -0.780. The maximum absolute atomic E-state index is 12.8. The minimum Gasteiger partial charge on any atom is -0.462 e. The number of unbranched alkanes of at least 4 members (excludes halogenated alkanes) is 28. The maximum Gasteiger partial charge on any atom is 0.306 e. The van der Waals surface area contributed by atoms with Gasteiger partial charge in [-0.2, -0.15) is 0 Å². The second-order valence-corrected chi connectivity index (χ2v) is 19.5. The quantitative estimate of drug-likeness (QED) is 0.0261. The lowest BCUT2D eigenvalue weighted by atomic mass is 10.0. The summed E-state index contributed by atoms with van der Waals surface area (Å²) in [6.07, 6.45) is 75.8. The molecule has 0 rings (SSSR count). The van der Waals surface area contributed by atoms with E-state index in [1.807, 2.05) is 0 Å². The van der Waals surface area contributed by atoms with Crippen molar-refractivity contribution in [1.29, 1.82) is 0 Å². The molecule has 0 amide bonds. The van der Waals surface area contributed by atoms with Crippen molar-refractivity contribution in [2.24, 2.45) is 0 Å². The van der Waals surface area contributed by atoms with E-state index in [2.05, 4.69) is 106 Å². The molecule has 0 spiro atoms. The highest BCUT2D eigenvalue weighted by Crippen LogP contribution is 2.16. The highest BCUT2D eigenvalue weighted by molar-refractivity contribution is 5.71. The minimum absolute atomic E-state index is 0.0785. The highest BCUT2D eigenvalue weighted by Gasteiger charge is 2.19. The molecule has 0 heterocycles. The van der Waals surface area contributed by atoms with Crippen molar-refractivity contribution < 1.29 is 28.6 Å². The monoisotopic (exact) mass is 975 g/mol. The van der Waals surface area contributed by atoms with Gasteiger partial charge in [-0.1, -0.05) is 260 Å². The summed E-state index contributed by atoms with van der Waals surface area (Å²) in [4.78, 5) is 38.1. The van der Waals surface area contributed by atoms with E-state index >= 15 is 0 Å². The Morgan fingerprint density at radius 3 is 0.871 bits per heavy atom. The number of esters is 3. The average Bonchev–Trinajstić information content (AvgIpc) is 3.36. The molecule has 6 heteroatoms. The summed E-state index contributed by atoms with van der Waals surface area (Å²) in [5.41, 5.74) is 0. The molecule has 70 heavy (non-hydrogen) atoms. The molecule has 0 aliphatic heterocycles. The Bertz CT molecular complexity index is 1350. The molecule has 0 N–H and O–H groups in total. The molecule has 0 aromatic carbocycles. The first kappa shape index (κ1) is 66.6. The zero-order valence-electron chi connectivity index (χ0n) is 46.0. The van der Waals surface area contributed by atoms with Crippen LogP contribution in [0.4, 0.5) is 0 Å². The second kappa shape index (κ2) is 58.2. The van der Waals surface area contributed by atoms with Gasteiger partial charge in [0.15, 0.2) is 6.10 Å². The van der Waals surface area contributed by atoms with E-state index in [1.54, 1.807) is 0 Å². The SMILES string of the molecule is CC/C=C\C/C=C\C/C=C\C/C=C\CCCCCCCCCCCCCCC(=O)OCC(COC(=O)CCCCCCCCCCCC)OC(=O)CCCCCCCCC/C=C\C/C=C\C/C=C\CC. The van der Waals surface area contributed by atoms with Crippen molar-refractivity contribution in [2.45, 2.75) is 290 Å². The number of hydrogen-bond acceptors (Lipinski definition) is 6. The maximum atomic E-state index is 12.8. The average molecular weight is 976 g/mol. The van der Waals surface area contributed by atoms with E-state index in [9.17, 15) is 14.4 Å². The van der Waals surface area contributed by atoms with Gasteiger partial charge in [-0.05, 0) is 89.9 Å². The Morgan fingerprint density at radius 2 is 0.557 bits per heavy atom. The smallest absolute Gasteiger partial charge is 0.306 e. The van der Waals surface area contributed by atoms with Crippen LogP contribution in [0.1, 0.15) is 284 Å². The van der Waals surface area contributed by atoms with E-state index in [-0.39, 0.29) is 31.1 Å². The fourth-order valence-electron chi connectivity index (χ4n) is 8.27. The second-order valence-electron chi connectivity index (χ2n) is 19.5. The first-order chi connectivity index (χ1) is 34.5. The number of hydrogen-bond donors (Lipinski definition) is 0. The van der Waals surface area contributed by atoms with E-state index in [1.165, 1.54) is 135 Å². The van der Waals surface area contributed by atoms with E-state index < -0.39 is 6.10 Å². The van der Waals surface area contributed by atoms with E-state index in [0.717, 1.165) is 109 Å². The van der Waals surface area contributed by atoms with Gasteiger partial charge in [0.1, 0.15) is 13.2 Å². The van der Waals surface area contributed by atoms with Crippen LogP contribution in [0.15, 0.2) is 85.1 Å². The van der Waals surface area contributed by atoms with Gasteiger partial charge in [0.05, 0.1) is 0 Å². The summed E-state index contributed by atoms with van der Waals surface area (Å²) in [7, 11) is 0. The summed E-state index contributed by atoms with van der Waals surface area (Å²) in [5, 5.41) is 0. The molecular weight excluding hydrogens is 865 g/mol. The summed E-state index contributed by atoms with van der Waals surface area (Å²) in [6, 6.07) is 0.